The summed E-state index contributed by atoms with van der Waals surface area (Å²) in [5, 5.41) is 0. The highest BCUT2D eigenvalue weighted by Gasteiger charge is 2.29. The molecule has 2 saturated heterocycles. The molecule has 0 aliphatic carbocycles. The lowest BCUT2D eigenvalue weighted by atomic mass is 10.1. The lowest BCUT2D eigenvalue weighted by molar-refractivity contribution is 0.0280. The molecular weight excluding hydrogens is 200 g/mol. The van der Waals surface area contributed by atoms with Gasteiger partial charge in [0.2, 0.25) is 0 Å². The average Bonchev–Trinajstić information content (AvgIpc) is 2.86. The van der Waals surface area contributed by atoms with Crippen LogP contribution in [-0.4, -0.2) is 42.8 Å². The third-order valence-corrected chi connectivity index (χ3v) is 4.00. The van der Waals surface area contributed by atoms with Crippen molar-refractivity contribution in [2.75, 3.05) is 19.6 Å². The zero-order valence-corrected chi connectivity index (χ0v) is 10.5. The van der Waals surface area contributed by atoms with Gasteiger partial charge in [0.15, 0.2) is 0 Å². The van der Waals surface area contributed by atoms with Crippen LogP contribution in [-0.2, 0) is 4.74 Å². The standard InChI is InChI=1S/C13H26N2O/c1-11-6-7-13(16-11)10-15-9-3-5-12(15)4-2-8-14/h11-13H,2-10,14H2,1H3. The van der Waals surface area contributed by atoms with E-state index in [9.17, 15) is 0 Å². The van der Waals surface area contributed by atoms with E-state index < -0.39 is 0 Å². The van der Waals surface area contributed by atoms with Crippen LogP contribution < -0.4 is 5.73 Å². The molecule has 0 aromatic rings. The lowest BCUT2D eigenvalue weighted by Crippen LogP contribution is -2.36. The first-order chi connectivity index (χ1) is 7.79. The van der Waals surface area contributed by atoms with Crippen LogP contribution in [0.3, 0.4) is 0 Å². The summed E-state index contributed by atoms with van der Waals surface area (Å²) in [5.74, 6) is 0. The normalized spacial score (nSPS) is 36.0. The van der Waals surface area contributed by atoms with Gasteiger partial charge in [0.25, 0.3) is 0 Å². The molecular formula is C13H26N2O. The molecule has 0 amide bonds. The second-order valence-electron chi connectivity index (χ2n) is 5.37. The Balaban J connectivity index is 1.74. The summed E-state index contributed by atoms with van der Waals surface area (Å²) in [4.78, 5) is 2.64. The van der Waals surface area contributed by atoms with Crippen LogP contribution in [0.15, 0.2) is 0 Å². The number of hydrogen-bond acceptors (Lipinski definition) is 3. The van der Waals surface area contributed by atoms with Crippen molar-refractivity contribution in [3.8, 4) is 0 Å². The molecule has 0 spiro atoms. The molecule has 2 aliphatic heterocycles. The van der Waals surface area contributed by atoms with Gasteiger partial charge in [-0.3, -0.25) is 4.90 Å². The summed E-state index contributed by atoms with van der Waals surface area (Å²) < 4.78 is 5.91. The number of ether oxygens (including phenoxy) is 1. The van der Waals surface area contributed by atoms with Crippen LogP contribution in [0.2, 0.25) is 0 Å². The third kappa shape index (κ3) is 3.19. The summed E-state index contributed by atoms with van der Waals surface area (Å²) in [6.07, 6.45) is 8.64. The number of hydrogen-bond donors (Lipinski definition) is 1. The van der Waals surface area contributed by atoms with Crippen LogP contribution in [0.25, 0.3) is 0 Å². The predicted octanol–water partition coefficient (Wildman–Crippen LogP) is 1.76. The number of nitrogens with zero attached hydrogens (tertiary/aromatic N) is 1. The van der Waals surface area contributed by atoms with Crippen LogP contribution >= 0.6 is 0 Å². The van der Waals surface area contributed by atoms with Crippen molar-refractivity contribution in [3.05, 3.63) is 0 Å². The first-order valence-electron chi connectivity index (χ1n) is 6.89. The molecule has 2 rings (SSSR count). The summed E-state index contributed by atoms with van der Waals surface area (Å²) >= 11 is 0. The van der Waals surface area contributed by atoms with Crippen molar-refractivity contribution in [1.82, 2.24) is 4.90 Å². The summed E-state index contributed by atoms with van der Waals surface area (Å²) in [7, 11) is 0. The van der Waals surface area contributed by atoms with Gasteiger partial charge in [-0.15, -0.1) is 0 Å². The summed E-state index contributed by atoms with van der Waals surface area (Å²) in [6.45, 7) is 5.44. The molecule has 16 heavy (non-hydrogen) atoms. The molecule has 0 radical (unpaired) electrons. The van der Waals surface area contributed by atoms with Gasteiger partial charge >= 0.3 is 0 Å². The fraction of sp³-hybridized carbons (Fsp3) is 1.00. The van der Waals surface area contributed by atoms with E-state index >= 15 is 0 Å². The molecule has 2 fully saturated rings. The zero-order chi connectivity index (χ0) is 11.4. The van der Waals surface area contributed by atoms with Crippen molar-refractivity contribution in [1.29, 1.82) is 0 Å². The maximum absolute atomic E-state index is 5.91. The molecule has 3 atom stereocenters. The third-order valence-electron chi connectivity index (χ3n) is 4.00. The molecule has 94 valence electrons. The minimum atomic E-state index is 0.482. The van der Waals surface area contributed by atoms with Crippen molar-refractivity contribution in [2.24, 2.45) is 5.73 Å². The molecule has 3 unspecified atom stereocenters. The highest BCUT2D eigenvalue weighted by Crippen LogP contribution is 2.25. The van der Waals surface area contributed by atoms with Gasteiger partial charge in [-0.05, 0) is 58.5 Å². The van der Waals surface area contributed by atoms with Crippen LogP contribution in [0.1, 0.15) is 45.4 Å². The van der Waals surface area contributed by atoms with E-state index in [4.69, 9.17) is 10.5 Å². The van der Waals surface area contributed by atoms with Crippen molar-refractivity contribution >= 4 is 0 Å². The van der Waals surface area contributed by atoms with E-state index in [1.54, 1.807) is 0 Å². The van der Waals surface area contributed by atoms with Gasteiger partial charge in [0.05, 0.1) is 12.2 Å². The van der Waals surface area contributed by atoms with E-state index in [-0.39, 0.29) is 0 Å². The Morgan fingerprint density at radius 1 is 1.31 bits per heavy atom. The van der Waals surface area contributed by atoms with Crippen LogP contribution in [0.5, 0.6) is 0 Å². The second-order valence-corrected chi connectivity index (χ2v) is 5.37. The van der Waals surface area contributed by atoms with Gasteiger partial charge in [0.1, 0.15) is 0 Å². The second kappa shape index (κ2) is 5.99. The van der Waals surface area contributed by atoms with Gasteiger partial charge < -0.3 is 10.5 Å². The van der Waals surface area contributed by atoms with E-state index in [0.29, 0.717) is 12.2 Å². The number of likely N-dealkylation sites (tertiary alicyclic amines) is 1. The number of rotatable bonds is 5. The maximum atomic E-state index is 5.91. The minimum Gasteiger partial charge on any atom is -0.374 e. The first-order valence-corrected chi connectivity index (χ1v) is 6.89. The Labute approximate surface area is 99.3 Å². The highest BCUT2D eigenvalue weighted by atomic mass is 16.5. The Morgan fingerprint density at radius 3 is 2.88 bits per heavy atom. The highest BCUT2D eigenvalue weighted by molar-refractivity contribution is 4.83. The van der Waals surface area contributed by atoms with Gasteiger partial charge in [-0.1, -0.05) is 0 Å². The average molecular weight is 226 g/mol. The fourth-order valence-electron chi connectivity index (χ4n) is 3.10. The summed E-state index contributed by atoms with van der Waals surface area (Å²) in [5.41, 5.74) is 5.59. The zero-order valence-electron chi connectivity index (χ0n) is 10.5. The Hall–Kier alpha value is -0.120. The maximum Gasteiger partial charge on any atom is 0.0706 e. The molecule has 0 saturated carbocycles. The number of nitrogens with two attached hydrogens (primary N) is 1. The fourth-order valence-corrected chi connectivity index (χ4v) is 3.10. The van der Waals surface area contributed by atoms with Gasteiger partial charge in [-0.2, -0.15) is 0 Å². The van der Waals surface area contributed by atoms with Crippen molar-refractivity contribution < 1.29 is 4.74 Å². The molecule has 0 aromatic heterocycles. The molecule has 0 aromatic carbocycles. The minimum absolute atomic E-state index is 0.482. The molecule has 2 heterocycles. The van der Waals surface area contributed by atoms with Crippen LogP contribution in [0, 0.1) is 0 Å². The smallest absolute Gasteiger partial charge is 0.0706 e. The van der Waals surface area contributed by atoms with E-state index in [2.05, 4.69) is 11.8 Å². The molecule has 2 N–H and O–H groups in total. The van der Waals surface area contributed by atoms with E-state index in [0.717, 1.165) is 19.1 Å². The molecule has 3 nitrogen and oxygen atoms in total. The Morgan fingerprint density at radius 2 is 2.19 bits per heavy atom. The van der Waals surface area contributed by atoms with Crippen molar-refractivity contribution in [3.63, 3.8) is 0 Å². The van der Waals surface area contributed by atoms with Crippen molar-refractivity contribution in [2.45, 2.75) is 63.7 Å². The van der Waals surface area contributed by atoms with E-state index in [1.807, 2.05) is 0 Å². The summed E-state index contributed by atoms with van der Waals surface area (Å²) in [6, 6.07) is 0.781. The van der Waals surface area contributed by atoms with Gasteiger partial charge in [-0.25, -0.2) is 0 Å². The molecule has 0 bridgehead atoms. The van der Waals surface area contributed by atoms with Gasteiger partial charge in [0, 0.05) is 12.6 Å². The largest absolute Gasteiger partial charge is 0.374 e. The Bertz CT molecular complexity index is 210. The quantitative estimate of drug-likeness (QED) is 0.776. The SMILES string of the molecule is CC1CCC(CN2CCCC2CCCN)O1. The van der Waals surface area contributed by atoms with Crippen LogP contribution in [0.4, 0.5) is 0 Å². The Kier molecular flexibility index (Phi) is 4.62. The predicted molar refractivity (Wildman–Crippen MR) is 66.5 cm³/mol. The topological polar surface area (TPSA) is 38.5 Å². The molecule has 3 heteroatoms. The first kappa shape index (κ1) is 12.3. The lowest BCUT2D eigenvalue weighted by Gasteiger charge is -2.27. The molecule has 2 aliphatic rings. The van der Waals surface area contributed by atoms with E-state index in [1.165, 1.54) is 45.1 Å². The monoisotopic (exact) mass is 226 g/mol.